The van der Waals surface area contributed by atoms with Crippen LogP contribution in [-0.4, -0.2) is 9.55 Å². The highest BCUT2D eigenvalue weighted by Crippen LogP contribution is 2.38. The molecule has 2 heteroatoms. The highest BCUT2D eigenvalue weighted by Gasteiger charge is 2.17. The third-order valence-corrected chi connectivity index (χ3v) is 5.10. The Labute approximate surface area is 151 Å². The minimum Gasteiger partial charge on any atom is -0.353 e. The van der Waals surface area contributed by atoms with Gasteiger partial charge in [-0.1, -0.05) is 67.8 Å². The molecule has 3 aromatic carbocycles. The summed E-state index contributed by atoms with van der Waals surface area (Å²) in [7, 11) is 0. The number of nitrogens with one attached hydrogen (secondary N) is 1. The molecule has 0 amide bonds. The fourth-order valence-electron chi connectivity index (χ4n) is 3.98. The van der Waals surface area contributed by atoms with Crippen molar-refractivity contribution in [3.63, 3.8) is 0 Å². The fraction of sp³-hybridized carbons (Fsp3) is 0. The van der Waals surface area contributed by atoms with E-state index in [2.05, 4.69) is 83.4 Å². The van der Waals surface area contributed by atoms with E-state index < -0.39 is 0 Å². The zero-order valence-corrected chi connectivity index (χ0v) is 14.4. The largest absolute Gasteiger partial charge is 0.353 e. The molecule has 2 nitrogen and oxygen atoms in total. The number of para-hydroxylation sites is 2. The molecule has 0 spiro atoms. The molecule has 124 valence electrons. The maximum absolute atomic E-state index is 3.99. The second kappa shape index (κ2) is 5.50. The van der Waals surface area contributed by atoms with Crippen LogP contribution in [0.1, 0.15) is 11.3 Å². The summed E-state index contributed by atoms with van der Waals surface area (Å²) in [5, 5.41) is 3.66. The quantitative estimate of drug-likeness (QED) is 0.386. The van der Waals surface area contributed by atoms with Gasteiger partial charge in [-0.2, -0.15) is 0 Å². The van der Waals surface area contributed by atoms with Gasteiger partial charge in [-0.05, 0) is 24.3 Å². The maximum Gasteiger partial charge on any atom is 0.0783 e. The van der Waals surface area contributed by atoms with Crippen LogP contribution in [0.5, 0.6) is 0 Å². The lowest BCUT2D eigenvalue weighted by Gasteiger charge is -2.08. The van der Waals surface area contributed by atoms with Crippen molar-refractivity contribution in [1.82, 2.24) is 9.55 Å². The average molecular weight is 334 g/mol. The van der Waals surface area contributed by atoms with Crippen LogP contribution in [0.4, 0.5) is 0 Å². The molecule has 0 fully saturated rings. The van der Waals surface area contributed by atoms with E-state index in [9.17, 15) is 0 Å². The minimum absolute atomic E-state index is 1.01. The number of H-pyrrole nitrogens is 1. The van der Waals surface area contributed by atoms with Crippen LogP contribution in [0.15, 0.2) is 79.9 Å². The average Bonchev–Trinajstić information content (AvgIpc) is 3.23. The van der Waals surface area contributed by atoms with Crippen LogP contribution in [0.25, 0.3) is 50.5 Å². The van der Waals surface area contributed by atoms with Crippen LogP contribution in [0.2, 0.25) is 0 Å². The molecule has 0 saturated heterocycles. The van der Waals surface area contributed by atoms with Gasteiger partial charge in [0.1, 0.15) is 0 Å². The standard InChI is InChI=1S/C24H18N2/c1-3-17-19-14-15-20-18-12-8-9-13-22(18)26(16-10-6-5-7-11-16)24(20)23(19)25-21(17)4-2/h3-15,25H,1-2H2. The Hall–Kier alpha value is -3.52. The molecule has 0 unspecified atom stereocenters. The van der Waals surface area contributed by atoms with Gasteiger partial charge in [0.05, 0.1) is 16.6 Å². The van der Waals surface area contributed by atoms with E-state index in [1.807, 2.05) is 18.2 Å². The topological polar surface area (TPSA) is 20.7 Å². The van der Waals surface area contributed by atoms with Crippen molar-refractivity contribution in [2.45, 2.75) is 0 Å². The van der Waals surface area contributed by atoms with Gasteiger partial charge in [0, 0.05) is 33.1 Å². The van der Waals surface area contributed by atoms with Crippen LogP contribution >= 0.6 is 0 Å². The van der Waals surface area contributed by atoms with Gasteiger partial charge in [0.25, 0.3) is 0 Å². The molecule has 0 aliphatic carbocycles. The number of benzene rings is 3. The lowest BCUT2D eigenvalue weighted by Crippen LogP contribution is -1.93. The van der Waals surface area contributed by atoms with Crippen LogP contribution in [0, 0.1) is 0 Å². The summed E-state index contributed by atoms with van der Waals surface area (Å²) < 4.78 is 2.34. The van der Waals surface area contributed by atoms with Crippen LogP contribution in [0.3, 0.4) is 0 Å². The maximum atomic E-state index is 3.99. The van der Waals surface area contributed by atoms with Gasteiger partial charge in [0.15, 0.2) is 0 Å². The third kappa shape index (κ3) is 1.87. The van der Waals surface area contributed by atoms with Gasteiger partial charge in [-0.3, -0.25) is 0 Å². The van der Waals surface area contributed by atoms with Crippen molar-refractivity contribution in [2.75, 3.05) is 0 Å². The second-order valence-corrected chi connectivity index (χ2v) is 6.43. The molecule has 0 bridgehead atoms. The van der Waals surface area contributed by atoms with Crippen molar-refractivity contribution in [2.24, 2.45) is 0 Å². The number of aromatic amines is 1. The number of rotatable bonds is 3. The van der Waals surface area contributed by atoms with Gasteiger partial charge in [-0.25, -0.2) is 0 Å². The molecule has 0 saturated carbocycles. The summed E-state index contributed by atoms with van der Waals surface area (Å²) in [6, 6.07) is 23.5. The molecule has 0 aliphatic heterocycles. The predicted molar refractivity (Wildman–Crippen MR) is 113 cm³/mol. The Morgan fingerprint density at radius 1 is 0.731 bits per heavy atom. The Morgan fingerprint density at radius 3 is 2.23 bits per heavy atom. The van der Waals surface area contributed by atoms with Gasteiger partial charge in [-0.15, -0.1) is 0 Å². The second-order valence-electron chi connectivity index (χ2n) is 6.43. The monoisotopic (exact) mass is 334 g/mol. The lowest BCUT2D eigenvalue weighted by atomic mass is 10.1. The van der Waals surface area contributed by atoms with Crippen molar-refractivity contribution >= 4 is 44.9 Å². The number of hydrogen-bond donors (Lipinski definition) is 1. The van der Waals surface area contributed by atoms with E-state index >= 15 is 0 Å². The molecule has 5 rings (SSSR count). The summed E-state index contributed by atoms with van der Waals surface area (Å²) in [5.41, 5.74) is 6.77. The van der Waals surface area contributed by atoms with Crippen LogP contribution < -0.4 is 0 Å². The zero-order chi connectivity index (χ0) is 17.7. The van der Waals surface area contributed by atoms with Crippen molar-refractivity contribution in [3.8, 4) is 5.69 Å². The molecule has 5 aromatic rings. The summed E-state index contributed by atoms with van der Waals surface area (Å²) in [6.45, 7) is 7.94. The number of aromatic nitrogens is 2. The lowest BCUT2D eigenvalue weighted by molar-refractivity contribution is 1.18. The Kier molecular flexibility index (Phi) is 3.13. The van der Waals surface area contributed by atoms with Gasteiger partial charge >= 0.3 is 0 Å². The van der Waals surface area contributed by atoms with Gasteiger partial charge < -0.3 is 9.55 Å². The first-order chi connectivity index (χ1) is 12.8. The van der Waals surface area contributed by atoms with E-state index in [0.29, 0.717) is 0 Å². The molecule has 26 heavy (non-hydrogen) atoms. The predicted octanol–water partition coefficient (Wildman–Crippen LogP) is 6.55. The molecular formula is C24H18N2. The van der Waals surface area contributed by atoms with E-state index in [1.54, 1.807) is 0 Å². The Balaban J connectivity index is 2.07. The first-order valence-corrected chi connectivity index (χ1v) is 8.71. The zero-order valence-electron chi connectivity index (χ0n) is 14.4. The molecule has 0 radical (unpaired) electrons. The Morgan fingerprint density at radius 2 is 1.46 bits per heavy atom. The first-order valence-electron chi connectivity index (χ1n) is 8.71. The summed E-state index contributed by atoms with van der Waals surface area (Å²) in [5.74, 6) is 0. The minimum atomic E-state index is 1.01. The highest BCUT2D eigenvalue weighted by molar-refractivity contribution is 6.19. The molecule has 2 aromatic heterocycles. The summed E-state index contributed by atoms with van der Waals surface area (Å²) >= 11 is 0. The SMILES string of the molecule is C=Cc1[nH]c2c(ccc3c4ccccc4n(-c4ccccc4)c32)c1C=C. The van der Waals surface area contributed by atoms with Crippen molar-refractivity contribution in [1.29, 1.82) is 0 Å². The summed E-state index contributed by atoms with van der Waals surface area (Å²) in [6.07, 6.45) is 3.76. The van der Waals surface area contributed by atoms with Crippen molar-refractivity contribution < 1.29 is 0 Å². The third-order valence-electron chi connectivity index (χ3n) is 5.10. The number of nitrogens with zero attached hydrogens (tertiary/aromatic N) is 1. The van der Waals surface area contributed by atoms with E-state index in [1.165, 1.54) is 27.2 Å². The molecule has 1 N–H and O–H groups in total. The fourth-order valence-corrected chi connectivity index (χ4v) is 3.98. The molecule has 2 heterocycles. The van der Waals surface area contributed by atoms with E-state index in [-0.39, 0.29) is 0 Å². The van der Waals surface area contributed by atoms with E-state index in [0.717, 1.165) is 22.5 Å². The first kappa shape index (κ1) is 14.8. The Bertz CT molecular complexity index is 1300. The van der Waals surface area contributed by atoms with Gasteiger partial charge in [0.2, 0.25) is 0 Å². The molecule has 0 aliphatic rings. The summed E-state index contributed by atoms with van der Waals surface area (Å²) in [4.78, 5) is 3.57. The number of hydrogen-bond acceptors (Lipinski definition) is 0. The molecule has 0 atom stereocenters. The van der Waals surface area contributed by atoms with Crippen LogP contribution in [-0.2, 0) is 0 Å². The number of fused-ring (bicyclic) bond motifs is 5. The molecular weight excluding hydrogens is 316 g/mol. The normalized spacial score (nSPS) is 11.4. The smallest absolute Gasteiger partial charge is 0.0783 e. The van der Waals surface area contributed by atoms with E-state index in [4.69, 9.17) is 0 Å². The highest BCUT2D eigenvalue weighted by atomic mass is 15.0. The van der Waals surface area contributed by atoms with Crippen molar-refractivity contribution in [3.05, 3.63) is 91.1 Å².